The van der Waals surface area contributed by atoms with E-state index in [9.17, 15) is 0 Å². The maximum atomic E-state index is 6.67. The Bertz CT molecular complexity index is 3940. The molecule has 3 aliphatic rings. The lowest BCUT2D eigenvalue weighted by Gasteiger charge is -2.25. The SMILES string of the molecule is CCCCOc1nc2c3nc4nc(nc5[nH]c(nc6nc(nc([nH]3)c2nc1N1CCOCCOCCOCCOCC1)-c1nc(SC(C)(C)C)c(SC(C)(C)C)nc1-6)c1nc(SC(C)(C)C)c(SC(C)(C)C)nc51)-c1nc(SC(C)(C)C)c(SC(C)(C)C)nc1-4. The topological polar surface area (TPSA) is 261 Å². The van der Waals surface area contributed by atoms with Crippen LogP contribution in [0.3, 0.4) is 0 Å². The molecule has 0 unspecified atom stereocenters. The van der Waals surface area contributed by atoms with Crippen molar-refractivity contribution in [1.82, 2.24) is 79.7 Å². The highest BCUT2D eigenvalue weighted by Crippen LogP contribution is 2.48. The normalized spacial score (nSPS) is 15.5. The van der Waals surface area contributed by atoms with Crippen LogP contribution in [-0.2, 0) is 18.9 Å². The van der Waals surface area contributed by atoms with E-state index < -0.39 is 0 Å². The first-order chi connectivity index (χ1) is 42.2. The lowest BCUT2D eigenvalue weighted by molar-refractivity contribution is 0.00206. The van der Waals surface area contributed by atoms with Crippen molar-refractivity contribution in [3.63, 3.8) is 0 Å². The second-order valence-corrected chi connectivity index (χ2v) is 38.6. The van der Waals surface area contributed by atoms with E-state index in [1.807, 2.05) is 0 Å². The van der Waals surface area contributed by atoms with Crippen molar-refractivity contribution in [2.45, 2.75) is 203 Å². The van der Waals surface area contributed by atoms with Crippen molar-refractivity contribution in [2.24, 2.45) is 0 Å². The summed E-state index contributed by atoms with van der Waals surface area (Å²) in [6, 6.07) is 0. The smallest absolute Gasteiger partial charge is 0.258 e. The van der Waals surface area contributed by atoms with E-state index >= 15 is 0 Å². The molecule has 7 aromatic rings. The van der Waals surface area contributed by atoms with Crippen LogP contribution < -0.4 is 9.64 Å². The van der Waals surface area contributed by atoms with Crippen LogP contribution >= 0.6 is 70.6 Å². The molecule has 1 fully saturated rings. The van der Waals surface area contributed by atoms with Gasteiger partial charge in [0.1, 0.15) is 75.0 Å². The second-order valence-electron chi connectivity index (χ2n) is 27.7. The summed E-state index contributed by atoms with van der Waals surface area (Å²) < 4.78 is 29.1. The molecule has 90 heavy (non-hydrogen) atoms. The van der Waals surface area contributed by atoms with E-state index in [-0.39, 0.29) is 57.4 Å². The van der Waals surface area contributed by atoms with Crippen LogP contribution in [-0.4, -0.2) is 181 Å². The maximum Gasteiger partial charge on any atom is 0.258 e. The zero-order valence-electron chi connectivity index (χ0n) is 55.4. The summed E-state index contributed by atoms with van der Waals surface area (Å²) >= 11 is 9.84. The summed E-state index contributed by atoms with van der Waals surface area (Å²) in [5.41, 5.74) is 4.75. The third-order valence-electron chi connectivity index (χ3n) is 12.4. The van der Waals surface area contributed by atoms with Crippen molar-refractivity contribution in [2.75, 3.05) is 77.5 Å². The van der Waals surface area contributed by atoms with Crippen molar-refractivity contribution in [3.8, 4) is 52.0 Å². The van der Waals surface area contributed by atoms with Gasteiger partial charge < -0.3 is 38.6 Å². The first kappa shape index (κ1) is 68.1. The molecule has 0 aliphatic carbocycles. The van der Waals surface area contributed by atoms with Gasteiger partial charge in [0.05, 0.1) is 59.5 Å². The standard InChI is InChI=1S/C62H85N17O5S6/c1-20-21-24-84-50-49(79-22-25-80-27-29-82-31-32-83-30-28-81-26-23-79)63-33-34(64-50)42-71-41(33)72-43-35-37(67-53(87-59(8,9)10)51(65-35)85-57(2,3)4)45(74-43)76-47-39-40(70-56(90-62(17,18)19)55(69-39)89-61(14,15)16)48(78-47)77-46-38-36(44(73-42)75-46)66-52(86-58(5,6)7)54(68-38)88-60(11,12)13/h20-32H2,1-19H3,(H2,71,72,73,74,75,76,77,78). The van der Waals surface area contributed by atoms with E-state index in [0.29, 0.717) is 146 Å². The van der Waals surface area contributed by atoms with Gasteiger partial charge in [-0.05, 0) is 6.42 Å². The molecule has 10 rings (SSSR count). The van der Waals surface area contributed by atoms with Gasteiger partial charge in [-0.25, -0.2) is 69.8 Å². The number of aromatic amines is 2. The van der Waals surface area contributed by atoms with Crippen LogP contribution in [0.1, 0.15) is 144 Å². The molecule has 0 atom stereocenters. The molecule has 7 aromatic heterocycles. The van der Waals surface area contributed by atoms with Crippen molar-refractivity contribution < 1.29 is 23.7 Å². The van der Waals surface area contributed by atoms with Gasteiger partial charge in [0.15, 0.2) is 51.7 Å². The van der Waals surface area contributed by atoms with Gasteiger partial charge in [0.25, 0.3) is 5.88 Å². The molecular formula is C62H85N17O5S6. The van der Waals surface area contributed by atoms with Crippen LogP contribution in [0.4, 0.5) is 5.82 Å². The zero-order valence-corrected chi connectivity index (χ0v) is 60.3. The fourth-order valence-corrected chi connectivity index (χ4v) is 14.9. The number of nitrogens with one attached hydrogen (secondary N) is 2. The van der Waals surface area contributed by atoms with Gasteiger partial charge in [0.2, 0.25) is 0 Å². The maximum absolute atomic E-state index is 6.67. The number of unbranched alkanes of at least 4 members (excludes halogenated alkanes) is 1. The molecule has 0 radical (unpaired) electrons. The molecule has 2 N–H and O–H groups in total. The lowest BCUT2D eigenvalue weighted by Crippen LogP contribution is -2.33. The van der Waals surface area contributed by atoms with Crippen molar-refractivity contribution in [1.29, 1.82) is 0 Å². The summed E-state index contributed by atoms with van der Waals surface area (Å²) in [5.74, 6) is 1.78. The molecule has 1 saturated heterocycles. The summed E-state index contributed by atoms with van der Waals surface area (Å²) in [6.45, 7) is 45.7. The monoisotopic (exact) mass is 1340 g/mol. The Kier molecular flexibility index (Phi) is 20.6. The quantitative estimate of drug-likeness (QED) is 0.0900. The number of H-pyrrole nitrogens is 2. The third kappa shape index (κ3) is 17.5. The van der Waals surface area contributed by atoms with Crippen LogP contribution in [0.25, 0.3) is 90.7 Å². The first-order valence-corrected chi connectivity index (χ1v) is 35.5. The minimum atomic E-state index is -0.240. The molecule has 28 heteroatoms. The van der Waals surface area contributed by atoms with E-state index in [1.54, 1.807) is 70.6 Å². The van der Waals surface area contributed by atoms with Crippen LogP contribution in [0.15, 0.2) is 30.2 Å². The molecule has 3 aliphatic heterocycles. The highest BCUT2D eigenvalue weighted by molar-refractivity contribution is 8.04. The molecule has 0 aromatic carbocycles. The number of hydrogen-bond donors (Lipinski definition) is 2. The summed E-state index contributed by atoms with van der Waals surface area (Å²) in [5, 5.41) is 4.49. The van der Waals surface area contributed by atoms with Crippen molar-refractivity contribution in [3.05, 3.63) is 0 Å². The zero-order chi connectivity index (χ0) is 64.7. The van der Waals surface area contributed by atoms with Crippen LogP contribution in [0.2, 0.25) is 0 Å². The lowest BCUT2D eigenvalue weighted by atomic mass is 10.3. The minimum Gasteiger partial charge on any atom is -0.475 e. The first-order valence-electron chi connectivity index (χ1n) is 30.6. The van der Waals surface area contributed by atoms with Crippen LogP contribution in [0, 0.1) is 0 Å². The number of rotatable bonds is 11. The Morgan fingerprint density at radius 3 is 0.933 bits per heavy atom. The molecule has 0 spiro atoms. The summed E-state index contributed by atoms with van der Waals surface area (Å²) in [4.78, 5) is 85.1. The molecule has 22 nitrogen and oxygen atoms in total. The second kappa shape index (κ2) is 27.3. The number of nitrogens with zero attached hydrogens (tertiary/aromatic N) is 15. The Morgan fingerprint density at radius 2 is 0.633 bits per heavy atom. The predicted octanol–water partition coefficient (Wildman–Crippen LogP) is 14.4. The highest BCUT2D eigenvalue weighted by Gasteiger charge is 2.34. The van der Waals surface area contributed by atoms with E-state index in [1.165, 1.54) is 0 Å². The van der Waals surface area contributed by atoms with Gasteiger partial charge >= 0.3 is 0 Å². The summed E-state index contributed by atoms with van der Waals surface area (Å²) in [7, 11) is 0. The van der Waals surface area contributed by atoms with E-state index in [4.69, 9.17) is 93.5 Å². The predicted molar refractivity (Wildman–Crippen MR) is 368 cm³/mol. The number of fused-ring (bicyclic) bond motifs is 20. The van der Waals surface area contributed by atoms with Crippen molar-refractivity contribution >= 4 is 121 Å². The third-order valence-corrected chi connectivity index (χ3v) is 19.4. The Labute approximate surface area is 553 Å². The van der Waals surface area contributed by atoms with Gasteiger partial charge in [-0.15, -0.1) is 0 Å². The Balaban J connectivity index is 1.36. The molecular weight excluding hydrogens is 1260 g/mol. The fraction of sp³-hybridized carbons (Fsp3) is 0.613. The van der Waals surface area contributed by atoms with Gasteiger partial charge in [-0.3, -0.25) is 0 Å². The number of hydrogen-bond acceptors (Lipinski definition) is 26. The Hall–Kier alpha value is -4.78. The van der Waals surface area contributed by atoms with Crippen LogP contribution in [0.5, 0.6) is 5.88 Å². The van der Waals surface area contributed by atoms with Gasteiger partial charge in [0, 0.05) is 41.6 Å². The average molecular weight is 1340 g/mol. The molecule has 484 valence electrons. The molecule has 0 saturated carbocycles. The Morgan fingerprint density at radius 1 is 0.356 bits per heavy atom. The van der Waals surface area contributed by atoms with E-state index in [2.05, 4.69) is 146 Å². The number of anilines is 1. The van der Waals surface area contributed by atoms with Gasteiger partial charge in [-0.1, -0.05) is 209 Å². The average Bonchev–Trinajstić information content (AvgIpc) is 1.59. The number of thioether (sulfide) groups is 6. The molecule has 10 heterocycles. The number of ether oxygens (including phenoxy) is 5. The van der Waals surface area contributed by atoms with Gasteiger partial charge in [-0.2, -0.15) is 0 Å². The number of aromatic nitrogens is 16. The largest absolute Gasteiger partial charge is 0.475 e. The highest BCUT2D eigenvalue weighted by atomic mass is 32.2. The fourth-order valence-electron chi connectivity index (χ4n) is 9.03. The molecule has 0 amide bonds. The molecule has 8 bridgehead atoms. The van der Waals surface area contributed by atoms with E-state index in [0.717, 1.165) is 43.0 Å². The summed E-state index contributed by atoms with van der Waals surface area (Å²) in [6.07, 6.45) is 1.68. The minimum absolute atomic E-state index is 0.221.